The van der Waals surface area contributed by atoms with Gasteiger partial charge >= 0.3 is 0 Å². The molecule has 4 N–H and O–H groups in total. The summed E-state index contributed by atoms with van der Waals surface area (Å²) in [5.41, 5.74) is 0.803. The van der Waals surface area contributed by atoms with Crippen molar-refractivity contribution in [2.45, 2.75) is 0 Å². The highest BCUT2D eigenvalue weighted by molar-refractivity contribution is 5.85. The third kappa shape index (κ3) is 2.23. The van der Waals surface area contributed by atoms with Crippen LogP contribution in [0.4, 0.5) is 5.69 Å². The summed E-state index contributed by atoms with van der Waals surface area (Å²) in [6.45, 7) is 0. The van der Waals surface area contributed by atoms with E-state index in [4.69, 9.17) is 11.7 Å². The Hall–Kier alpha value is -0.770. The normalized spacial score (nSPS) is 8.20. The molecule has 0 fully saturated rings. The minimum absolute atomic E-state index is 0. The predicted octanol–water partition coefficient (Wildman–Crippen LogP) is 0.662. The molecule has 0 heterocycles. The Balaban J connectivity index is 0.000000810. The summed E-state index contributed by atoms with van der Waals surface area (Å²) < 4.78 is 0. The number of rotatable bonds is 1. The lowest BCUT2D eigenvalue weighted by Crippen LogP contribution is -2.37. The summed E-state index contributed by atoms with van der Waals surface area (Å²) in [5.74, 6) is 10.4. The minimum Gasteiger partial charge on any atom is -0.247 e. The van der Waals surface area contributed by atoms with Crippen LogP contribution in [0.25, 0.3) is 0 Å². The van der Waals surface area contributed by atoms with E-state index in [2.05, 4.69) is 0 Å². The van der Waals surface area contributed by atoms with E-state index in [-0.39, 0.29) is 12.4 Å². The van der Waals surface area contributed by atoms with Crippen molar-refractivity contribution in [2.24, 2.45) is 11.7 Å². The third-order valence-electron chi connectivity index (χ3n) is 1.05. The fraction of sp³-hybridized carbons (Fsp3) is 0. The van der Waals surface area contributed by atoms with E-state index in [0.717, 1.165) is 10.8 Å². The van der Waals surface area contributed by atoms with Gasteiger partial charge in [0.1, 0.15) is 0 Å². The standard InChI is InChI=1S/C6H9N3.ClH/c7-9(8)6-4-2-1-3-5-6;/h1-5H,7-8H2;1H. The van der Waals surface area contributed by atoms with Gasteiger partial charge in [0.15, 0.2) is 0 Å². The Labute approximate surface area is 66.0 Å². The average molecular weight is 160 g/mol. The molecule has 3 nitrogen and oxygen atoms in total. The molecule has 1 aromatic rings. The van der Waals surface area contributed by atoms with Gasteiger partial charge in [-0.25, -0.2) is 16.8 Å². The summed E-state index contributed by atoms with van der Waals surface area (Å²) in [5, 5.41) is 1.08. The fourth-order valence-corrected chi connectivity index (χ4v) is 0.600. The van der Waals surface area contributed by atoms with Crippen molar-refractivity contribution in [2.75, 3.05) is 5.12 Å². The van der Waals surface area contributed by atoms with Crippen LogP contribution in [0, 0.1) is 0 Å². The molecule has 0 aliphatic rings. The van der Waals surface area contributed by atoms with Crippen molar-refractivity contribution in [3.8, 4) is 0 Å². The molecule has 56 valence electrons. The highest BCUT2D eigenvalue weighted by Crippen LogP contribution is 2.04. The van der Waals surface area contributed by atoms with Crippen LogP contribution in [0.2, 0.25) is 0 Å². The van der Waals surface area contributed by atoms with Crippen LogP contribution < -0.4 is 16.8 Å². The van der Waals surface area contributed by atoms with Gasteiger partial charge in [-0.2, -0.15) is 0 Å². The van der Waals surface area contributed by atoms with Gasteiger partial charge < -0.3 is 0 Å². The maximum Gasteiger partial charge on any atom is 0.0697 e. The molecule has 0 unspecified atom stereocenters. The van der Waals surface area contributed by atoms with Crippen LogP contribution in [0.3, 0.4) is 0 Å². The lowest BCUT2D eigenvalue weighted by molar-refractivity contribution is 0.925. The van der Waals surface area contributed by atoms with E-state index in [1.807, 2.05) is 30.3 Å². The van der Waals surface area contributed by atoms with Crippen LogP contribution in [-0.4, -0.2) is 0 Å². The number of hydrogen-bond acceptors (Lipinski definition) is 3. The predicted molar refractivity (Wildman–Crippen MR) is 44.5 cm³/mol. The highest BCUT2D eigenvalue weighted by Gasteiger charge is 1.88. The average Bonchev–Trinajstić information content (AvgIpc) is 1.90. The lowest BCUT2D eigenvalue weighted by Gasteiger charge is -2.09. The molecule has 1 rings (SSSR count). The van der Waals surface area contributed by atoms with E-state index in [1.54, 1.807) is 0 Å². The molecule has 0 aromatic heterocycles. The van der Waals surface area contributed by atoms with Gasteiger partial charge in [0.2, 0.25) is 0 Å². The van der Waals surface area contributed by atoms with Crippen LogP contribution in [0.1, 0.15) is 0 Å². The second-order valence-electron chi connectivity index (χ2n) is 1.74. The zero-order valence-electron chi connectivity index (χ0n) is 5.40. The molecule has 0 saturated carbocycles. The molecule has 0 bridgehead atoms. The number of hydrogen-bond donors (Lipinski definition) is 2. The largest absolute Gasteiger partial charge is 0.247 e. The zero-order chi connectivity index (χ0) is 6.69. The monoisotopic (exact) mass is 159 g/mol. The second kappa shape index (κ2) is 4.11. The SMILES string of the molecule is Cl.NN(N)c1ccccc1. The van der Waals surface area contributed by atoms with Gasteiger partial charge in [0, 0.05) is 0 Å². The van der Waals surface area contributed by atoms with Crippen LogP contribution >= 0.6 is 12.4 Å². The molecule has 10 heavy (non-hydrogen) atoms. The first-order chi connectivity index (χ1) is 4.30. The van der Waals surface area contributed by atoms with Crippen molar-refractivity contribution in [3.05, 3.63) is 30.3 Å². The smallest absolute Gasteiger partial charge is 0.0697 e. The molecule has 0 saturated heterocycles. The fourth-order valence-electron chi connectivity index (χ4n) is 0.600. The van der Waals surface area contributed by atoms with Crippen LogP contribution in [0.15, 0.2) is 30.3 Å². The molecule has 0 amide bonds. The molecule has 0 aliphatic heterocycles. The van der Waals surface area contributed by atoms with E-state index in [1.165, 1.54) is 0 Å². The van der Waals surface area contributed by atoms with E-state index in [9.17, 15) is 0 Å². The summed E-state index contributed by atoms with van der Waals surface area (Å²) in [4.78, 5) is 0. The number of para-hydroxylation sites is 1. The number of nitrogens with two attached hydrogens (primary N) is 2. The van der Waals surface area contributed by atoms with Crippen molar-refractivity contribution >= 4 is 18.1 Å². The van der Waals surface area contributed by atoms with Gasteiger partial charge in [-0.15, -0.1) is 12.4 Å². The van der Waals surface area contributed by atoms with Gasteiger partial charge in [-0.05, 0) is 12.1 Å². The van der Waals surface area contributed by atoms with Gasteiger partial charge in [0.25, 0.3) is 0 Å². The number of halogens is 1. The number of nitrogens with zero attached hydrogens (tertiary/aromatic N) is 1. The Bertz CT molecular complexity index is 176. The van der Waals surface area contributed by atoms with E-state index in [0.29, 0.717) is 0 Å². The van der Waals surface area contributed by atoms with Crippen LogP contribution in [0.5, 0.6) is 0 Å². The molecule has 0 radical (unpaired) electrons. The molecule has 0 spiro atoms. The van der Waals surface area contributed by atoms with Crippen molar-refractivity contribution in [3.63, 3.8) is 0 Å². The molecular weight excluding hydrogens is 150 g/mol. The summed E-state index contributed by atoms with van der Waals surface area (Å²) in [6, 6.07) is 9.33. The first-order valence-corrected chi connectivity index (χ1v) is 2.65. The first kappa shape index (κ1) is 9.23. The maximum absolute atomic E-state index is 5.22. The van der Waals surface area contributed by atoms with Crippen molar-refractivity contribution in [1.82, 2.24) is 0 Å². The highest BCUT2D eigenvalue weighted by atomic mass is 35.5. The van der Waals surface area contributed by atoms with E-state index >= 15 is 0 Å². The Morgan fingerprint density at radius 3 is 1.80 bits per heavy atom. The summed E-state index contributed by atoms with van der Waals surface area (Å²) in [7, 11) is 0. The molecule has 0 aliphatic carbocycles. The quantitative estimate of drug-likeness (QED) is 0.468. The van der Waals surface area contributed by atoms with Crippen LogP contribution in [-0.2, 0) is 0 Å². The van der Waals surface area contributed by atoms with Gasteiger partial charge in [0.05, 0.1) is 5.69 Å². The molecule has 1 aromatic carbocycles. The van der Waals surface area contributed by atoms with Gasteiger partial charge in [-0.1, -0.05) is 18.2 Å². The Kier molecular flexibility index (Phi) is 3.79. The zero-order valence-corrected chi connectivity index (χ0v) is 6.21. The molecular formula is C6H10ClN3. The summed E-state index contributed by atoms with van der Waals surface area (Å²) >= 11 is 0. The Morgan fingerprint density at radius 1 is 1.00 bits per heavy atom. The topological polar surface area (TPSA) is 55.3 Å². The minimum atomic E-state index is 0. The molecule has 4 heteroatoms. The number of hydrazine groups is 2. The van der Waals surface area contributed by atoms with Gasteiger partial charge in [-0.3, -0.25) is 0 Å². The number of anilines is 1. The van der Waals surface area contributed by atoms with Crippen molar-refractivity contribution < 1.29 is 0 Å². The third-order valence-corrected chi connectivity index (χ3v) is 1.05. The first-order valence-electron chi connectivity index (χ1n) is 2.65. The van der Waals surface area contributed by atoms with E-state index < -0.39 is 0 Å². The second-order valence-corrected chi connectivity index (χ2v) is 1.74. The Morgan fingerprint density at radius 2 is 1.50 bits per heavy atom. The summed E-state index contributed by atoms with van der Waals surface area (Å²) in [6.07, 6.45) is 0. The lowest BCUT2D eigenvalue weighted by atomic mass is 10.3. The maximum atomic E-state index is 5.22. The number of benzene rings is 1. The molecule has 0 atom stereocenters. The van der Waals surface area contributed by atoms with Crippen molar-refractivity contribution in [1.29, 1.82) is 0 Å².